The Morgan fingerprint density at radius 1 is 1.10 bits per heavy atom. The fourth-order valence-electron chi connectivity index (χ4n) is 3.37. The minimum atomic E-state index is -0.216. The zero-order valence-corrected chi connectivity index (χ0v) is 16.4. The quantitative estimate of drug-likeness (QED) is 0.656. The summed E-state index contributed by atoms with van der Waals surface area (Å²) in [4.78, 5) is 27.4. The molecule has 0 saturated heterocycles. The molecule has 0 bridgehead atoms. The molecule has 1 aromatic heterocycles. The molecule has 4 rings (SSSR count). The monoisotopic (exact) mass is 390 g/mol. The number of aryl methyl sites for hydroxylation is 2. The predicted octanol–water partition coefficient (Wildman–Crippen LogP) is 3.25. The van der Waals surface area contributed by atoms with E-state index in [2.05, 4.69) is 10.3 Å². The van der Waals surface area contributed by atoms with Crippen LogP contribution in [0.15, 0.2) is 47.3 Å². The van der Waals surface area contributed by atoms with Crippen LogP contribution in [-0.2, 0) is 11.2 Å². The lowest BCUT2D eigenvalue weighted by atomic mass is 10.0. The molecule has 0 spiro atoms. The Labute approximate surface area is 168 Å². The molecular formula is C23H22N2O4. The van der Waals surface area contributed by atoms with Crippen molar-refractivity contribution >= 4 is 22.9 Å². The highest BCUT2D eigenvalue weighted by molar-refractivity contribution is 5.91. The van der Waals surface area contributed by atoms with Crippen LogP contribution in [0.4, 0.5) is 0 Å². The average molecular weight is 390 g/mol. The van der Waals surface area contributed by atoms with E-state index in [9.17, 15) is 9.59 Å². The number of pyridine rings is 1. The van der Waals surface area contributed by atoms with Crippen molar-refractivity contribution in [3.8, 4) is 11.5 Å². The third-order valence-electron chi connectivity index (χ3n) is 5.04. The molecule has 6 nitrogen and oxygen atoms in total. The summed E-state index contributed by atoms with van der Waals surface area (Å²) in [6.07, 6.45) is 3.64. The van der Waals surface area contributed by atoms with Crippen LogP contribution in [0.25, 0.3) is 17.0 Å². The highest BCUT2D eigenvalue weighted by Gasteiger charge is 2.12. The Morgan fingerprint density at radius 2 is 1.90 bits per heavy atom. The molecule has 3 aromatic rings. The molecule has 0 unspecified atom stereocenters. The molecule has 0 atom stereocenters. The zero-order valence-electron chi connectivity index (χ0n) is 16.4. The summed E-state index contributed by atoms with van der Waals surface area (Å²) in [6.45, 7) is 4.59. The highest BCUT2D eigenvalue weighted by Crippen LogP contribution is 2.32. The van der Waals surface area contributed by atoms with E-state index >= 15 is 0 Å². The summed E-state index contributed by atoms with van der Waals surface area (Å²) >= 11 is 0. The molecule has 2 N–H and O–H groups in total. The maximum absolute atomic E-state index is 12.4. The molecule has 0 radical (unpaired) electrons. The first-order chi connectivity index (χ1) is 14.0. The normalized spacial score (nSPS) is 12.6. The molecule has 0 fully saturated rings. The van der Waals surface area contributed by atoms with Crippen molar-refractivity contribution in [3.63, 3.8) is 0 Å². The Hall–Kier alpha value is -3.54. The summed E-state index contributed by atoms with van der Waals surface area (Å²) in [7, 11) is 0. The van der Waals surface area contributed by atoms with Gasteiger partial charge >= 0.3 is 0 Å². The second-order valence-electron chi connectivity index (χ2n) is 7.10. The van der Waals surface area contributed by atoms with E-state index in [1.165, 1.54) is 6.08 Å². The first kappa shape index (κ1) is 18.8. The van der Waals surface area contributed by atoms with Crippen LogP contribution in [0, 0.1) is 13.8 Å². The minimum Gasteiger partial charge on any atom is -0.454 e. The summed E-state index contributed by atoms with van der Waals surface area (Å²) < 4.78 is 10.6. The second kappa shape index (κ2) is 7.83. The molecule has 1 aliphatic heterocycles. The number of hydrogen-bond donors (Lipinski definition) is 2. The number of ether oxygens (including phenoxy) is 2. The lowest BCUT2D eigenvalue weighted by molar-refractivity contribution is -0.116. The van der Waals surface area contributed by atoms with Gasteiger partial charge in [0.15, 0.2) is 11.5 Å². The first-order valence-corrected chi connectivity index (χ1v) is 9.49. The molecule has 0 saturated carbocycles. The smallest absolute Gasteiger partial charge is 0.251 e. The Morgan fingerprint density at radius 3 is 2.76 bits per heavy atom. The molecule has 0 aliphatic carbocycles. The number of aromatic amines is 1. The molecule has 29 heavy (non-hydrogen) atoms. The maximum atomic E-state index is 12.4. The van der Waals surface area contributed by atoms with Gasteiger partial charge < -0.3 is 19.8 Å². The van der Waals surface area contributed by atoms with E-state index in [1.807, 2.05) is 50.2 Å². The van der Waals surface area contributed by atoms with Crippen molar-refractivity contribution in [3.05, 3.63) is 75.1 Å². The largest absolute Gasteiger partial charge is 0.454 e. The van der Waals surface area contributed by atoms with Gasteiger partial charge in [0.05, 0.1) is 5.52 Å². The van der Waals surface area contributed by atoms with E-state index in [4.69, 9.17) is 9.47 Å². The summed E-state index contributed by atoms with van der Waals surface area (Å²) in [5, 5.41) is 3.86. The number of H-pyrrole nitrogens is 1. The minimum absolute atomic E-state index is 0.114. The number of rotatable bonds is 5. The third-order valence-corrected chi connectivity index (χ3v) is 5.04. The van der Waals surface area contributed by atoms with E-state index in [-0.39, 0.29) is 18.3 Å². The highest BCUT2D eigenvalue weighted by atomic mass is 16.7. The van der Waals surface area contributed by atoms with Gasteiger partial charge in [-0.05, 0) is 61.2 Å². The van der Waals surface area contributed by atoms with Crippen molar-refractivity contribution in [1.29, 1.82) is 0 Å². The Balaban J connectivity index is 1.38. The lowest BCUT2D eigenvalue weighted by Gasteiger charge is -2.08. The Kier molecular flexibility index (Phi) is 5.08. The molecule has 2 heterocycles. The fraction of sp³-hybridized carbons (Fsp3) is 0.217. The van der Waals surface area contributed by atoms with Crippen LogP contribution in [-0.4, -0.2) is 24.2 Å². The summed E-state index contributed by atoms with van der Waals surface area (Å²) in [6, 6.07) is 11.5. The van der Waals surface area contributed by atoms with Gasteiger partial charge in [-0.3, -0.25) is 9.59 Å². The van der Waals surface area contributed by atoms with Crippen molar-refractivity contribution < 1.29 is 14.3 Å². The molecular weight excluding hydrogens is 368 g/mol. The number of amides is 1. The van der Waals surface area contributed by atoms with Crippen LogP contribution in [0.1, 0.15) is 22.3 Å². The van der Waals surface area contributed by atoms with Crippen LogP contribution >= 0.6 is 0 Å². The maximum Gasteiger partial charge on any atom is 0.251 e. The van der Waals surface area contributed by atoms with Crippen molar-refractivity contribution in [2.75, 3.05) is 13.3 Å². The van der Waals surface area contributed by atoms with Crippen LogP contribution < -0.4 is 20.3 Å². The van der Waals surface area contributed by atoms with Gasteiger partial charge in [-0.2, -0.15) is 0 Å². The molecule has 148 valence electrons. The van der Waals surface area contributed by atoms with Gasteiger partial charge in [0, 0.05) is 23.6 Å². The van der Waals surface area contributed by atoms with E-state index in [1.54, 1.807) is 6.08 Å². The van der Waals surface area contributed by atoms with Crippen molar-refractivity contribution in [2.24, 2.45) is 0 Å². The van der Waals surface area contributed by atoms with Gasteiger partial charge in [0.2, 0.25) is 12.7 Å². The van der Waals surface area contributed by atoms with E-state index in [0.29, 0.717) is 30.0 Å². The number of hydrogen-bond acceptors (Lipinski definition) is 4. The second-order valence-corrected chi connectivity index (χ2v) is 7.10. The number of carbonyl (C=O) groups excluding carboxylic acids is 1. The van der Waals surface area contributed by atoms with Gasteiger partial charge in [-0.15, -0.1) is 0 Å². The molecule has 1 aliphatic rings. The van der Waals surface area contributed by atoms with Crippen LogP contribution in [0.3, 0.4) is 0 Å². The van der Waals surface area contributed by atoms with Crippen LogP contribution in [0.2, 0.25) is 0 Å². The topological polar surface area (TPSA) is 80.4 Å². The number of nitrogens with one attached hydrogen (secondary N) is 2. The fourth-order valence-corrected chi connectivity index (χ4v) is 3.37. The Bertz CT molecular complexity index is 1180. The van der Waals surface area contributed by atoms with Gasteiger partial charge in [-0.25, -0.2) is 0 Å². The summed E-state index contributed by atoms with van der Waals surface area (Å²) in [5.74, 6) is 1.16. The average Bonchev–Trinajstić information content (AvgIpc) is 3.18. The first-order valence-electron chi connectivity index (χ1n) is 9.49. The SMILES string of the molecule is Cc1ccc(C)c2[nH]c(=O)c(CCNC(=O)C=Cc3ccc4c(c3)OCO4)cc12. The van der Waals surface area contributed by atoms with Gasteiger partial charge in [-0.1, -0.05) is 18.2 Å². The molecule has 6 heteroatoms. The number of benzene rings is 2. The standard InChI is InChI=1S/C23H22N2O4/c1-14-3-4-15(2)22-18(14)12-17(23(27)25-22)9-10-24-21(26)8-6-16-5-7-19-20(11-16)29-13-28-19/h3-8,11-12H,9-10,13H2,1-2H3,(H,24,26)(H,25,27). The van der Waals surface area contributed by atoms with E-state index in [0.717, 1.165) is 27.6 Å². The molecule has 2 aromatic carbocycles. The van der Waals surface area contributed by atoms with E-state index < -0.39 is 0 Å². The third kappa shape index (κ3) is 4.01. The zero-order chi connectivity index (χ0) is 20.4. The van der Waals surface area contributed by atoms with Crippen molar-refractivity contribution in [2.45, 2.75) is 20.3 Å². The number of aromatic nitrogens is 1. The van der Waals surface area contributed by atoms with Crippen molar-refractivity contribution in [1.82, 2.24) is 10.3 Å². The lowest BCUT2D eigenvalue weighted by Crippen LogP contribution is -2.25. The summed E-state index contributed by atoms with van der Waals surface area (Å²) in [5.41, 5.74) is 4.41. The number of fused-ring (bicyclic) bond motifs is 2. The number of carbonyl (C=O) groups is 1. The van der Waals surface area contributed by atoms with Gasteiger partial charge in [0.25, 0.3) is 5.56 Å². The molecule has 1 amide bonds. The van der Waals surface area contributed by atoms with Gasteiger partial charge in [0.1, 0.15) is 0 Å². The van der Waals surface area contributed by atoms with Crippen LogP contribution in [0.5, 0.6) is 11.5 Å². The predicted molar refractivity (Wildman–Crippen MR) is 112 cm³/mol.